The number of hydrogen-bond donors (Lipinski definition) is 0. The van der Waals surface area contributed by atoms with E-state index in [4.69, 9.17) is 19.4 Å². The van der Waals surface area contributed by atoms with Crippen molar-refractivity contribution >= 4 is 43.7 Å². The Bertz CT molecular complexity index is 2870. The fourth-order valence-corrected chi connectivity index (χ4v) is 7.18. The van der Waals surface area contributed by atoms with Crippen LogP contribution in [0, 0.1) is 0 Å². The van der Waals surface area contributed by atoms with Crippen LogP contribution < -0.4 is 0 Å². The van der Waals surface area contributed by atoms with Crippen LogP contribution in [0.15, 0.2) is 174 Å². The minimum absolute atomic E-state index is 0.550. The second-order valence-electron chi connectivity index (χ2n) is 12.4. The number of aromatic nitrogens is 4. The molecule has 5 nitrogen and oxygen atoms in total. The summed E-state index contributed by atoms with van der Waals surface area (Å²) in [5, 5.41) is 4.42. The van der Waals surface area contributed by atoms with Gasteiger partial charge in [-0.15, -0.1) is 0 Å². The molecule has 3 aromatic heterocycles. The van der Waals surface area contributed by atoms with Gasteiger partial charge in [-0.05, 0) is 29.3 Å². The third-order valence-electron chi connectivity index (χ3n) is 9.47. The van der Waals surface area contributed by atoms with Gasteiger partial charge >= 0.3 is 0 Å². The molecule has 0 aliphatic carbocycles. The molecule has 5 heteroatoms. The van der Waals surface area contributed by atoms with Gasteiger partial charge in [0.15, 0.2) is 11.6 Å². The number of fused-ring (bicyclic) bond motifs is 6. The Morgan fingerprint density at radius 3 is 1.80 bits per heavy atom. The van der Waals surface area contributed by atoms with Gasteiger partial charge in [-0.3, -0.25) is 4.57 Å². The average molecular weight is 641 g/mol. The maximum atomic E-state index is 6.56. The molecule has 10 rings (SSSR count). The molecule has 0 spiro atoms. The number of furan rings is 1. The minimum Gasteiger partial charge on any atom is -0.455 e. The fraction of sp³-hybridized carbons (Fsp3) is 0. The normalized spacial score (nSPS) is 11.6. The molecule has 0 aliphatic rings. The summed E-state index contributed by atoms with van der Waals surface area (Å²) < 4.78 is 8.75. The van der Waals surface area contributed by atoms with Crippen LogP contribution in [-0.4, -0.2) is 19.5 Å². The Balaban J connectivity index is 1.27. The zero-order chi connectivity index (χ0) is 33.0. The van der Waals surface area contributed by atoms with E-state index >= 15 is 0 Å². The van der Waals surface area contributed by atoms with Crippen molar-refractivity contribution in [1.82, 2.24) is 19.5 Å². The van der Waals surface area contributed by atoms with E-state index in [0.29, 0.717) is 17.6 Å². The zero-order valence-electron chi connectivity index (χ0n) is 26.9. The van der Waals surface area contributed by atoms with E-state index in [9.17, 15) is 0 Å². The van der Waals surface area contributed by atoms with E-state index in [1.807, 2.05) is 48.5 Å². The van der Waals surface area contributed by atoms with E-state index in [1.54, 1.807) is 0 Å². The summed E-state index contributed by atoms with van der Waals surface area (Å²) in [5.74, 6) is 1.77. The van der Waals surface area contributed by atoms with Crippen LogP contribution in [0.25, 0.3) is 94.7 Å². The molecule has 234 valence electrons. The van der Waals surface area contributed by atoms with Crippen LogP contribution in [0.2, 0.25) is 0 Å². The lowest BCUT2D eigenvalue weighted by Crippen LogP contribution is -2.07. The van der Waals surface area contributed by atoms with Crippen LogP contribution in [-0.2, 0) is 0 Å². The molecule has 7 aromatic carbocycles. The summed E-state index contributed by atoms with van der Waals surface area (Å²) in [5.41, 5.74) is 9.89. The van der Waals surface area contributed by atoms with E-state index in [0.717, 1.165) is 77.1 Å². The molecule has 0 atom stereocenters. The van der Waals surface area contributed by atoms with Gasteiger partial charge in [0, 0.05) is 43.8 Å². The molecule has 50 heavy (non-hydrogen) atoms. The van der Waals surface area contributed by atoms with Crippen LogP contribution in [0.3, 0.4) is 0 Å². The Morgan fingerprint density at radius 2 is 0.980 bits per heavy atom. The summed E-state index contributed by atoms with van der Waals surface area (Å²) >= 11 is 0. The van der Waals surface area contributed by atoms with Gasteiger partial charge in [-0.1, -0.05) is 152 Å². The summed E-state index contributed by atoms with van der Waals surface area (Å²) in [6.07, 6.45) is 0. The molecular formula is C45H28N4O. The van der Waals surface area contributed by atoms with Gasteiger partial charge < -0.3 is 4.42 Å². The van der Waals surface area contributed by atoms with Crippen molar-refractivity contribution in [3.8, 4) is 51.0 Å². The van der Waals surface area contributed by atoms with Crippen molar-refractivity contribution in [2.24, 2.45) is 0 Å². The molecule has 0 radical (unpaired) electrons. The number of para-hydroxylation sites is 4. The first-order valence-corrected chi connectivity index (χ1v) is 16.7. The van der Waals surface area contributed by atoms with Crippen molar-refractivity contribution < 1.29 is 4.42 Å². The third kappa shape index (κ3) is 4.52. The van der Waals surface area contributed by atoms with Crippen molar-refractivity contribution in [1.29, 1.82) is 0 Å². The molecule has 0 fully saturated rings. The topological polar surface area (TPSA) is 56.7 Å². The molecular weight excluding hydrogens is 613 g/mol. The molecule has 0 aliphatic heterocycles. The molecule has 0 saturated heterocycles. The largest absolute Gasteiger partial charge is 0.455 e. The monoisotopic (exact) mass is 640 g/mol. The smallest absolute Gasteiger partial charge is 0.238 e. The zero-order valence-corrected chi connectivity index (χ0v) is 26.9. The maximum absolute atomic E-state index is 6.56. The highest BCUT2D eigenvalue weighted by Crippen LogP contribution is 2.42. The van der Waals surface area contributed by atoms with Gasteiger partial charge in [0.2, 0.25) is 5.95 Å². The first-order chi connectivity index (χ1) is 24.8. The Hall–Kier alpha value is -6.85. The fourth-order valence-electron chi connectivity index (χ4n) is 7.18. The van der Waals surface area contributed by atoms with Gasteiger partial charge in [-0.25, -0.2) is 4.98 Å². The second-order valence-corrected chi connectivity index (χ2v) is 12.4. The van der Waals surface area contributed by atoms with Gasteiger partial charge in [0.1, 0.15) is 11.2 Å². The van der Waals surface area contributed by atoms with Crippen molar-refractivity contribution in [2.45, 2.75) is 0 Å². The van der Waals surface area contributed by atoms with Gasteiger partial charge in [0.25, 0.3) is 0 Å². The summed E-state index contributed by atoms with van der Waals surface area (Å²) in [7, 11) is 0. The first-order valence-electron chi connectivity index (χ1n) is 16.7. The molecule has 0 saturated carbocycles. The number of nitrogens with zero attached hydrogens (tertiary/aromatic N) is 4. The van der Waals surface area contributed by atoms with Crippen LogP contribution in [0.5, 0.6) is 0 Å². The molecule has 10 aromatic rings. The highest BCUT2D eigenvalue weighted by atomic mass is 16.3. The predicted molar refractivity (Wildman–Crippen MR) is 203 cm³/mol. The Labute approximate surface area is 287 Å². The average Bonchev–Trinajstić information content (AvgIpc) is 3.75. The summed E-state index contributed by atoms with van der Waals surface area (Å²) in [4.78, 5) is 15.5. The maximum Gasteiger partial charge on any atom is 0.238 e. The molecule has 0 unspecified atom stereocenters. The molecule has 3 heterocycles. The summed E-state index contributed by atoms with van der Waals surface area (Å²) in [6, 6.07) is 58.5. The lowest BCUT2D eigenvalue weighted by Gasteiger charge is -2.13. The number of hydrogen-bond acceptors (Lipinski definition) is 4. The lowest BCUT2D eigenvalue weighted by molar-refractivity contribution is 0.670. The van der Waals surface area contributed by atoms with Crippen LogP contribution >= 0.6 is 0 Å². The van der Waals surface area contributed by atoms with E-state index in [2.05, 4.69) is 126 Å². The standard InChI is InChI=1S/C45H28N4O/c1-3-14-29(15-4-1)31-18-11-19-32(28-31)44-46-43(30-16-5-2-6-17-30)47-45(48-44)49-39-26-9-7-20-33(39)35-22-12-23-36(41(35)49)38-25-13-24-37-34-21-8-10-27-40(34)50-42(37)38/h1-28H. The van der Waals surface area contributed by atoms with E-state index in [-0.39, 0.29) is 0 Å². The number of rotatable bonds is 5. The van der Waals surface area contributed by atoms with Gasteiger partial charge in [0.05, 0.1) is 11.0 Å². The van der Waals surface area contributed by atoms with Crippen LogP contribution in [0.1, 0.15) is 0 Å². The first kappa shape index (κ1) is 28.2. The van der Waals surface area contributed by atoms with E-state index in [1.165, 1.54) is 0 Å². The Morgan fingerprint density at radius 1 is 0.400 bits per heavy atom. The van der Waals surface area contributed by atoms with Crippen molar-refractivity contribution in [3.63, 3.8) is 0 Å². The third-order valence-corrected chi connectivity index (χ3v) is 9.47. The van der Waals surface area contributed by atoms with Crippen molar-refractivity contribution in [3.05, 3.63) is 170 Å². The SMILES string of the molecule is c1ccc(-c2cccc(-c3nc(-c4ccccc4)nc(-n4c5ccccc5c5cccc(-c6cccc7c6oc6ccccc67)c54)n3)c2)cc1. The highest BCUT2D eigenvalue weighted by molar-refractivity contribution is 6.17. The minimum atomic E-state index is 0.550. The van der Waals surface area contributed by atoms with Crippen LogP contribution in [0.4, 0.5) is 0 Å². The second kappa shape index (κ2) is 11.4. The summed E-state index contributed by atoms with van der Waals surface area (Å²) in [6.45, 7) is 0. The van der Waals surface area contributed by atoms with Gasteiger partial charge in [-0.2, -0.15) is 9.97 Å². The molecule has 0 bridgehead atoms. The lowest BCUT2D eigenvalue weighted by atomic mass is 9.99. The number of benzene rings is 7. The predicted octanol–water partition coefficient (Wildman–Crippen LogP) is 11.5. The quantitative estimate of drug-likeness (QED) is 0.188. The molecule has 0 N–H and O–H groups in total. The Kier molecular flexibility index (Phi) is 6.42. The highest BCUT2D eigenvalue weighted by Gasteiger charge is 2.22. The van der Waals surface area contributed by atoms with Crippen molar-refractivity contribution in [2.75, 3.05) is 0 Å². The van der Waals surface area contributed by atoms with E-state index < -0.39 is 0 Å². The molecule has 0 amide bonds.